The van der Waals surface area contributed by atoms with Gasteiger partial charge in [-0.1, -0.05) is 215 Å². The number of carbonyl (C=O) groups is 2. The van der Waals surface area contributed by atoms with Crippen molar-refractivity contribution in [3.63, 3.8) is 0 Å². The molecule has 6 N–H and O–H groups in total. The lowest BCUT2D eigenvalue weighted by atomic mass is 9.99. The highest BCUT2D eigenvalue weighted by Crippen LogP contribution is 2.26. The standard InChI is InChI=1S/C61H105NO10/c1-4-7-10-13-16-19-22-25-27-29-30-33-36-39-42-45-48-54(65)60(69)62-52(53(64)47-44-41-38-35-32-24-21-18-15-12-9-6-3)51-70-61-59(58(68)57(67)55(50-63)71-61)72-56(66)49-46-43-40-37-34-31-28-26-23-20-17-14-11-8-5-2/h16-17,19-20,23,25-27,30,33,39,42,44,47,52-55,57-59,61,63-65,67-68H,4-15,18,21-22,24,28-29,31-32,34-38,40-41,43,45-46,48-51H2,1-3H3,(H,62,69)/b19-16-,20-17+,26-23+,27-25-,33-30-,42-39-,47-44+. The fourth-order valence-corrected chi connectivity index (χ4v) is 8.40. The highest BCUT2D eigenvalue weighted by atomic mass is 16.7. The Bertz CT molecular complexity index is 1490. The van der Waals surface area contributed by atoms with E-state index in [0.29, 0.717) is 12.8 Å². The maximum absolute atomic E-state index is 13.4. The van der Waals surface area contributed by atoms with Crippen LogP contribution in [0.5, 0.6) is 0 Å². The molecule has 0 aromatic rings. The number of hydrogen-bond donors (Lipinski definition) is 6. The van der Waals surface area contributed by atoms with Gasteiger partial charge in [0.2, 0.25) is 5.91 Å². The van der Waals surface area contributed by atoms with E-state index in [4.69, 9.17) is 14.2 Å². The van der Waals surface area contributed by atoms with Gasteiger partial charge in [0.1, 0.15) is 24.4 Å². The van der Waals surface area contributed by atoms with Crippen molar-refractivity contribution in [2.75, 3.05) is 13.2 Å². The molecule has 1 saturated heterocycles. The highest BCUT2D eigenvalue weighted by molar-refractivity contribution is 5.80. The van der Waals surface area contributed by atoms with Gasteiger partial charge >= 0.3 is 5.97 Å². The zero-order chi connectivity index (χ0) is 52.5. The van der Waals surface area contributed by atoms with Gasteiger partial charge in [-0.2, -0.15) is 0 Å². The molecule has 0 bridgehead atoms. The molecule has 11 nitrogen and oxygen atoms in total. The summed E-state index contributed by atoms with van der Waals surface area (Å²) in [6.45, 7) is 5.66. The smallest absolute Gasteiger partial charge is 0.306 e. The number of hydrogen-bond acceptors (Lipinski definition) is 10. The Morgan fingerprint density at radius 3 is 1.54 bits per heavy atom. The van der Waals surface area contributed by atoms with Gasteiger partial charge in [0.15, 0.2) is 12.4 Å². The van der Waals surface area contributed by atoms with Crippen molar-refractivity contribution >= 4 is 11.9 Å². The van der Waals surface area contributed by atoms with Gasteiger partial charge in [0.05, 0.1) is 25.4 Å². The normalized spacial score (nSPS) is 20.1. The molecule has 1 heterocycles. The van der Waals surface area contributed by atoms with Crippen LogP contribution in [0.25, 0.3) is 0 Å². The summed E-state index contributed by atoms with van der Waals surface area (Å²) in [5, 5.41) is 56.7. The lowest BCUT2D eigenvalue weighted by Gasteiger charge is -2.41. The first kappa shape index (κ1) is 66.9. The summed E-state index contributed by atoms with van der Waals surface area (Å²) in [6, 6.07) is -1.06. The number of allylic oxidation sites excluding steroid dienone is 13. The first-order valence-electron chi connectivity index (χ1n) is 28.9. The van der Waals surface area contributed by atoms with E-state index >= 15 is 0 Å². The average Bonchev–Trinajstić information content (AvgIpc) is 3.38. The minimum absolute atomic E-state index is 0.100. The van der Waals surface area contributed by atoms with Crippen molar-refractivity contribution < 1.29 is 49.3 Å². The van der Waals surface area contributed by atoms with E-state index in [2.05, 4.69) is 86.8 Å². The molecule has 0 spiro atoms. The molecule has 0 radical (unpaired) electrons. The molecule has 8 atom stereocenters. The van der Waals surface area contributed by atoms with Gasteiger partial charge in [-0.3, -0.25) is 9.59 Å². The van der Waals surface area contributed by atoms with Crippen LogP contribution < -0.4 is 5.32 Å². The number of aliphatic hydroxyl groups excluding tert-OH is 5. The fourth-order valence-electron chi connectivity index (χ4n) is 8.40. The molecule has 0 aliphatic carbocycles. The van der Waals surface area contributed by atoms with Crippen LogP contribution in [0.15, 0.2) is 85.1 Å². The van der Waals surface area contributed by atoms with Crippen LogP contribution >= 0.6 is 0 Å². The molecule has 0 aromatic carbocycles. The first-order chi connectivity index (χ1) is 35.2. The predicted molar refractivity (Wildman–Crippen MR) is 296 cm³/mol. The van der Waals surface area contributed by atoms with Crippen molar-refractivity contribution in [1.82, 2.24) is 5.32 Å². The Balaban J connectivity index is 2.79. The quantitative estimate of drug-likeness (QED) is 0.0149. The molecule has 414 valence electrons. The summed E-state index contributed by atoms with van der Waals surface area (Å²) in [7, 11) is 0. The van der Waals surface area contributed by atoms with Crippen molar-refractivity contribution in [3.8, 4) is 0 Å². The van der Waals surface area contributed by atoms with Gasteiger partial charge in [-0.15, -0.1) is 0 Å². The maximum Gasteiger partial charge on any atom is 0.306 e. The Hall–Kier alpha value is -3.16. The molecule has 0 saturated carbocycles. The molecule has 72 heavy (non-hydrogen) atoms. The molecule has 11 heteroatoms. The summed E-state index contributed by atoms with van der Waals surface area (Å²) >= 11 is 0. The molecule has 1 aliphatic rings. The van der Waals surface area contributed by atoms with Crippen LogP contribution in [0.4, 0.5) is 0 Å². The monoisotopic (exact) mass is 1010 g/mol. The Morgan fingerprint density at radius 2 is 1.00 bits per heavy atom. The van der Waals surface area contributed by atoms with E-state index in [1.54, 1.807) is 6.08 Å². The summed E-state index contributed by atoms with van der Waals surface area (Å²) in [5.41, 5.74) is 0. The Kier molecular flexibility index (Phi) is 45.3. The van der Waals surface area contributed by atoms with Gasteiger partial charge < -0.3 is 45.1 Å². The number of amides is 1. The topological polar surface area (TPSA) is 175 Å². The fraction of sp³-hybridized carbons (Fsp3) is 0.738. The van der Waals surface area contributed by atoms with E-state index in [-0.39, 0.29) is 19.4 Å². The Labute approximate surface area is 438 Å². The van der Waals surface area contributed by atoms with Crippen molar-refractivity contribution in [2.45, 2.75) is 275 Å². The molecule has 8 unspecified atom stereocenters. The lowest BCUT2D eigenvalue weighted by Crippen LogP contribution is -2.61. The number of ether oxygens (including phenoxy) is 3. The number of rotatable bonds is 47. The SMILES string of the molecule is CCCCC/C=C\C/C=C\C/C=C\C/C=C\CCC(O)C(=O)NC(COC1OC(CO)C(O)C(O)C1OC(=O)CCCCCCCC/C=C/C=C/CCCCC)C(O)/C=C/CCCCCCCCCCCC. The highest BCUT2D eigenvalue weighted by Gasteiger charge is 2.47. The van der Waals surface area contributed by atoms with E-state index in [9.17, 15) is 35.1 Å². The van der Waals surface area contributed by atoms with Gasteiger partial charge in [0.25, 0.3) is 0 Å². The minimum Gasteiger partial charge on any atom is -0.454 e. The third-order valence-electron chi connectivity index (χ3n) is 13.1. The zero-order valence-electron chi connectivity index (χ0n) is 45.5. The van der Waals surface area contributed by atoms with Crippen LogP contribution in [0.3, 0.4) is 0 Å². The van der Waals surface area contributed by atoms with Crippen LogP contribution in [0.2, 0.25) is 0 Å². The second-order valence-corrected chi connectivity index (χ2v) is 19.7. The summed E-state index contributed by atoms with van der Waals surface area (Å²) in [4.78, 5) is 26.4. The number of unbranched alkanes of at least 4 members (excludes halogenated alkanes) is 22. The van der Waals surface area contributed by atoms with E-state index in [1.165, 1.54) is 83.5 Å². The number of esters is 1. The molecular formula is C61H105NO10. The molecular weight excluding hydrogens is 907 g/mol. The average molecular weight is 1010 g/mol. The molecule has 1 amide bonds. The minimum atomic E-state index is -1.63. The summed E-state index contributed by atoms with van der Waals surface area (Å²) in [6.07, 6.45) is 52.0. The number of aliphatic hydroxyl groups is 5. The van der Waals surface area contributed by atoms with Crippen LogP contribution in [-0.2, 0) is 23.8 Å². The second-order valence-electron chi connectivity index (χ2n) is 19.7. The van der Waals surface area contributed by atoms with Gasteiger partial charge in [-0.05, 0) is 89.9 Å². The molecule has 1 aliphatic heterocycles. The molecule has 1 fully saturated rings. The van der Waals surface area contributed by atoms with Gasteiger partial charge in [0, 0.05) is 6.42 Å². The Morgan fingerprint density at radius 1 is 0.556 bits per heavy atom. The third kappa shape index (κ3) is 36.7. The molecule has 0 aromatic heterocycles. The second kappa shape index (κ2) is 48.8. The van der Waals surface area contributed by atoms with Crippen LogP contribution in [0.1, 0.15) is 226 Å². The van der Waals surface area contributed by atoms with Crippen molar-refractivity contribution in [2.24, 2.45) is 0 Å². The predicted octanol–water partition coefficient (Wildman–Crippen LogP) is 13.0. The van der Waals surface area contributed by atoms with E-state index in [1.807, 2.05) is 18.2 Å². The van der Waals surface area contributed by atoms with Crippen LogP contribution in [0, 0.1) is 0 Å². The van der Waals surface area contributed by atoms with Gasteiger partial charge in [-0.25, -0.2) is 0 Å². The number of nitrogens with one attached hydrogen (secondary N) is 1. The third-order valence-corrected chi connectivity index (χ3v) is 13.1. The maximum atomic E-state index is 13.4. The van der Waals surface area contributed by atoms with Crippen LogP contribution in [-0.4, -0.2) is 99.6 Å². The van der Waals surface area contributed by atoms with E-state index < -0.39 is 67.4 Å². The number of carbonyl (C=O) groups excluding carboxylic acids is 2. The first-order valence-corrected chi connectivity index (χ1v) is 28.9. The zero-order valence-corrected chi connectivity index (χ0v) is 45.5. The largest absolute Gasteiger partial charge is 0.454 e. The summed E-state index contributed by atoms with van der Waals surface area (Å²) in [5.74, 6) is -1.27. The molecule has 1 rings (SSSR count). The lowest BCUT2D eigenvalue weighted by molar-refractivity contribution is -0.305. The van der Waals surface area contributed by atoms with Crippen molar-refractivity contribution in [3.05, 3.63) is 85.1 Å². The van der Waals surface area contributed by atoms with E-state index in [0.717, 1.165) is 96.3 Å². The van der Waals surface area contributed by atoms with Crippen molar-refractivity contribution in [1.29, 1.82) is 0 Å². The summed E-state index contributed by atoms with van der Waals surface area (Å²) < 4.78 is 17.5.